The number of methoxy groups -OCH3 is 1. The number of hydrogen-bond acceptors (Lipinski definition) is 3. The fourth-order valence-electron chi connectivity index (χ4n) is 5.20. The fraction of sp³-hybridized carbons (Fsp3) is 0.682. The molecule has 1 amide bonds. The summed E-state index contributed by atoms with van der Waals surface area (Å²) in [6.45, 7) is 1.88. The molecule has 3 fully saturated rings. The molecule has 150 valence electrons. The Morgan fingerprint density at radius 2 is 1.67 bits per heavy atom. The standard InChI is InChI=1S/C22H32N2O2.ClH/c1-26-21-6-2-16(3-7-21)12-17-8-10-24(11-9-17)22(25)15-18-13-19-4-5-20(14-18)23-19;/h2-3,6-7,17-20,23H,4-5,8-15H2,1H3;1H. The molecule has 3 aliphatic rings. The minimum Gasteiger partial charge on any atom is -0.497 e. The number of halogens is 1. The molecule has 0 radical (unpaired) electrons. The maximum Gasteiger partial charge on any atom is 0.222 e. The molecule has 27 heavy (non-hydrogen) atoms. The van der Waals surface area contributed by atoms with Crippen LogP contribution >= 0.6 is 12.4 Å². The van der Waals surface area contributed by atoms with Gasteiger partial charge in [-0.15, -0.1) is 12.4 Å². The highest BCUT2D eigenvalue weighted by Gasteiger charge is 2.35. The van der Waals surface area contributed by atoms with Gasteiger partial charge in [-0.25, -0.2) is 0 Å². The predicted octanol–water partition coefficient (Wildman–Crippen LogP) is 3.82. The second-order valence-electron chi connectivity index (χ2n) is 8.56. The molecule has 1 aromatic rings. The third-order valence-corrected chi connectivity index (χ3v) is 6.68. The van der Waals surface area contributed by atoms with E-state index < -0.39 is 0 Å². The van der Waals surface area contributed by atoms with Crippen LogP contribution in [0, 0.1) is 11.8 Å². The lowest BCUT2D eigenvalue weighted by molar-refractivity contribution is -0.133. The average Bonchev–Trinajstić information content (AvgIpc) is 3.01. The normalized spacial score (nSPS) is 27.9. The first-order valence-electron chi connectivity index (χ1n) is 10.4. The van der Waals surface area contributed by atoms with Gasteiger partial charge < -0.3 is 15.0 Å². The van der Waals surface area contributed by atoms with Crippen LogP contribution in [0.4, 0.5) is 0 Å². The first-order valence-corrected chi connectivity index (χ1v) is 10.4. The smallest absolute Gasteiger partial charge is 0.222 e. The van der Waals surface area contributed by atoms with E-state index in [0.29, 0.717) is 29.8 Å². The van der Waals surface area contributed by atoms with E-state index in [2.05, 4.69) is 22.3 Å². The minimum atomic E-state index is 0. The van der Waals surface area contributed by atoms with Crippen molar-refractivity contribution in [3.05, 3.63) is 29.8 Å². The summed E-state index contributed by atoms with van der Waals surface area (Å²) in [5.41, 5.74) is 1.38. The van der Waals surface area contributed by atoms with Crippen LogP contribution in [0.5, 0.6) is 5.75 Å². The predicted molar refractivity (Wildman–Crippen MR) is 111 cm³/mol. The van der Waals surface area contributed by atoms with Gasteiger partial charge in [-0.05, 0) is 74.5 Å². The molecule has 3 heterocycles. The zero-order chi connectivity index (χ0) is 17.9. The van der Waals surface area contributed by atoms with Crippen LogP contribution in [-0.4, -0.2) is 43.1 Å². The number of carbonyl (C=O) groups is 1. The van der Waals surface area contributed by atoms with Crippen LogP contribution in [0.15, 0.2) is 24.3 Å². The summed E-state index contributed by atoms with van der Waals surface area (Å²) in [5, 5.41) is 3.68. The highest BCUT2D eigenvalue weighted by atomic mass is 35.5. The molecular weight excluding hydrogens is 360 g/mol. The van der Waals surface area contributed by atoms with Gasteiger partial charge in [0.2, 0.25) is 5.91 Å². The SMILES string of the molecule is COc1ccc(CC2CCN(C(=O)CC3CC4CCC(C3)N4)CC2)cc1.Cl. The molecule has 2 atom stereocenters. The van der Waals surface area contributed by atoms with Gasteiger partial charge in [0.25, 0.3) is 0 Å². The Bertz CT molecular complexity index is 601. The Labute approximate surface area is 169 Å². The third kappa shape index (κ3) is 5.17. The van der Waals surface area contributed by atoms with E-state index in [1.165, 1.54) is 31.2 Å². The molecule has 4 rings (SSSR count). The lowest BCUT2D eigenvalue weighted by Gasteiger charge is -2.34. The van der Waals surface area contributed by atoms with Crippen molar-refractivity contribution in [3.8, 4) is 5.75 Å². The van der Waals surface area contributed by atoms with E-state index in [1.54, 1.807) is 7.11 Å². The second-order valence-corrected chi connectivity index (χ2v) is 8.56. The summed E-state index contributed by atoms with van der Waals surface area (Å²) in [5.74, 6) is 2.63. The van der Waals surface area contributed by atoms with Crippen molar-refractivity contribution in [3.63, 3.8) is 0 Å². The van der Waals surface area contributed by atoms with Crippen molar-refractivity contribution in [1.29, 1.82) is 0 Å². The molecule has 1 N–H and O–H groups in total. The number of rotatable bonds is 5. The van der Waals surface area contributed by atoms with E-state index in [4.69, 9.17) is 4.74 Å². The Balaban J connectivity index is 0.00000210. The highest BCUT2D eigenvalue weighted by molar-refractivity contribution is 5.85. The van der Waals surface area contributed by atoms with Gasteiger partial charge in [-0.1, -0.05) is 12.1 Å². The van der Waals surface area contributed by atoms with Gasteiger partial charge in [0.1, 0.15) is 5.75 Å². The van der Waals surface area contributed by atoms with Gasteiger partial charge in [-0.2, -0.15) is 0 Å². The summed E-state index contributed by atoms with van der Waals surface area (Å²) >= 11 is 0. The largest absolute Gasteiger partial charge is 0.497 e. The monoisotopic (exact) mass is 392 g/mol. The van der Waals surface area contributed by atoms with Gasteiger partial charge in [0.05, 0.1) is 7.11 Å². The summed E-state index contributed by atoms with van der Waals surface area (Å²) in [4.78, 5) is 14.9. The Morgan fingerprint density at radius 3 is 2.26 bits per heavy atom. The number of carbonyl (C=O) groups excluding carboxylic acids is 1. The fourth-order valence-corrected chi connectivity index (χ4v) is 5.20. The quantitative estimate of drug-likeness (QED) is 0.828. The molecule has 0 spiro atoms. The first kappa shape index (κ1) is 20.5. The number of nitrogens with zero attached hydrogens (tertiary/aromatic N) is 1. The highest BCUT2D eigenvalue weighted by Crippen LogP contribution is 2.33. The number of likely N-dealkylation sites (tertiary alicyclic amines) is 1. The van der Waals surface area contributed by atoms with Crippen LogP contribution in [0.3, 0.4) is 0 Å². The summed E-state index contributed by atoms with van der Waals surface area (Å²) < 4.78 is 5.23. The van der Waals surface area contributed by atoms with Crippen LogP contribution < -0.4 is 10.1 Å². The number of ether oxygens (including phenoxy) is 1. The molecule has 5 heteroatoms. The number of nitrogens with one attached hydrogen (secondary N) is 1. The molecule has 3 saturated heterocycles. The molecule has 0 aliphatic carbocycles. The Morgan fingerprint density at radius 1 is 1.04 bits per heavy atom. The molecule has 0 aromatic heterocycles. The van der Waals surface area contributed by atoms with Crippen LogP contribution in [-0.2, 0) is 11.2 Å². The van der Waals surface area contributed by atoms with Crippen molar-refractivity contribution in [2.45, 2.75) is 63.5 Å². The Hall–Kier alpha value is -1.26. The maximum absolute atomic E-state index is 12.7. The average molecular weight is 393 g/mol. The third-order valence-electron chi connectivity index (χ3n) is 6.68. The van der Waals surface area contributed by atoms with E-state index in [9.17, 15) is 4.79 Å². The van der Waals surface area contributed by atoms with Crippen molar-refractivity contribution in [2.75, 3.05) is 20.2 Å². The lowest BCUT2D eigenvalue weighted by Crippen LogP contribution is -2.42. The molecule has 1 aromatic carbocycles. The lowest BCUT2D eigenvalue weighted by atomic mass is 9.87. The number of hydrogen-bond donors (Lipinski definition) is 1. The number of amides is 1. The molecular formula is C22H33ClN2O2. The molecule has 2 bridgehead atoms. The van der Waals surface area contributed by atoms with Crippen molar-refractivity contribution < 1.29 is 9.53 Å². The molecule has 0 saturated carbocycles. The molecule has 4 nitrogen and oxygen atoms in total. The summed E-state index contributed by atoms with van der Waals surface area (Å²) in [6, 6.07) is 9.78. The topological polar surface area (TPSA) is 41.6 Å². The van der Waals surface area contributed by atoms with Crippen molar-refractivity contribution in [2.24, 2.45) is 11.8 Å². The second kappa shape index (κ2) is 9.29. The van der Waals surface area contributed by atoms with Crippen LogP contribution in [0.2, 0.25) is 0 Å². The van der Waals surface area contributed by atoms with E-state index in [0.717, 1.165) is 44.5 Å². The zero-order valence-electron chi connectivity index (χ0n) is 16.4. The first-order chi connectivity index (χ1) is 12.7. The van der Waals surface area contributed by atoms with E-state index in [1.807, 2.05) is 12.1 Å². The van der Waals surface area contributed by atoms with E-state index >= 15 is 0 Å². The van der Waals surface area contributed by atoms with Crippen LogP contribution in [0.25, 0.3) is 0 Å². The molecule has 3 aliphatic heterocycles. The summed E-state index contributed by atoms with van der Waals surface area (Å²) in [6.07, 6.45) is 9.19. The zero-order valence-corrected chi connectivity index (χ0v) is 17.2. The van der Waals surface area contributed by atoms with Gasteiger partial charge in [0, 0.05) is 31.6 Å². The van der Waals surface area contributed by atoms with Crippen molar-refractivity contribution in [1.82, 2.24) is 10.2 Å². The van der Waals surface area contributed by atoms with E-state index in [-0.39, 0.29) is 12.4 Å². The maximum atomic E-state index is 12.7. The number of piperidine rings is 2. The van der Waals surface area contributed by atoms with Gasteiger partial charge in [-0.3, -0.25) is 4.79 Å². The van der Waals surface area contributed by atoms with Gasteiger partial charge >= 0.3 is 0 Å². The van der Waals surface area contributed by atoms with Crippen LogP contribution in [0.1, 0.15) is 50.5 Å². The molecule has 2 unspecified atom stereocenters. The summed E-state index contributed by atoms with van der Waals surface area (Å²) in [7, 11) is 1.70. The number of fused-ring (bicyclic) bond motifs is 2. The van der Waals surface area contributed by atoms with Gasteiger partial charge in [0.15, 0.2) is 0 Å². The number of benzene rings is 1. The Kier molecular flexibility index (Phi) is 7.04. The van der Waals surface area contributed by atoms with Crippen molar-refractivity contribution >= 4 is 18.3 Å². The minimum absolute atomic E-state index is 0.